The minimum Gasteiger partial charge on any atom is -0.468 e. The lowest BCUT2D eigenvalue weighted by molar-refractivity contribution is 0.0940. The van der Waals surface area contributed by atoms with E-state index < -0.39 is 0 Å². The van der Waals surface area contributed by atoms with E-state index in [1.54, 1.807) is 18.0 Å². The molecular formula is C16H21N3O2S. The number of aryl methyl sites for hydroxylation is 1. The van der Waals surface area contributed by atoms with E-state index in [2.05, 4.69) is 29.1 Å². The molecule has 0 saturated carbocycles. The summed E-state index contributed by atoms with van der Waals surface area (Å²) in [5, 5.41) is 2.95. The monoisotopic (exact) mass is 319 g/mol. The smallest absolute Gasteiger partial charge is 0.271 e. The zero-order valence-electron chi connectivity index (χ0n) is 12.9. The second-order valence-electron chi connectivity index (χ2n) is 6.42. The average Bonchev–Trinajstić information content (AvgIpc) is 3.08. The maximum Gasteiger partial charge on any atom is 0.271 e. The van der Waals surface area contributed by atoms with Gasteiger partial charge in [0.15, 0.2) is 0 Å². The SMILES string of the molecule is CC1(C)CNC(=O)c2nc(CCSCc3ccco3)[nH]c2C1. The van der Waals surface area contributed by atoms with E-state index in [1.807, 2.05) is 12.1 Å². The number of thioether (sulfide) groups is 1. The largest absolute Gasteiger partial charge is 0.468 e. The van der Waals surface area contributed by atoms with E-state index in [1.165, 1.54) is 0 Å². The lowest BCUT2D eigenvalue weighted by Gasteiger charge is -2.21. The second kappa shape index (κ2) is 6.20. The number of imidazole rings is 1. The molecule has 2 N–H and O–H groups in total. The van der Waals surface area contributed by atoms with Gasteiger partial charge in [-0.3, -0.25) is 4.79 Å². The molecule has 0 aliphatic carbocycles. The van der Waals surface area contributed by atoms with E-state index in [4.69, 9.17) is 4.42 Å². The zero-order valence-corrected chi connectivity index (χ0v) is 13.8. The van der Waals surface area contributed by atoms with Gasteiger partial charge in [0.25, 0.3) is 5.91 Å². The lowest BCUT2D eigenvalue weighted by atomic mass is 9.88. The van der Waals surface area contributed by atoms with Crippen LogP contribution in [0.2, 0.25) is 0 Å². The van der Waals surface area contributed by atoms with Crippen LogP contribution >= 0.6 is 11.8 Å². The van der Waals surface area contributed by atoms with Crippen molar-refractivity contribution >= 4 is 17.7 Å². The summed E-state index contributed by atoms with van der Waals surface area (Å²) in [5.74, 6) is 3.62. The Bertz CT molecular complexity index is 646. The van der Waals surface area contributed by atoms with Crippen molar-refractivity contribution in [3.63, 3.8) is 0 Å². The van der Waals surface area contributed by atoms with E-state index >= 15 is 0 Å². The molecule has 0 aromatic carbocycles. The minimum absolute atomic E-state index is 0.0543. The van der Waals surface area contributed by atoms with Crippen molar-refractivity contribution in [3.05, 3.63) is 41.4 Å². The number of fused-ring (bicyclic) bond motifs is 1. The number of hydrogen-bond acceptors (Lipinski definition) is 4. The molecule has 0 spiro atoms. The first-order chi connectivity index (χ1) is 10.5. The maximum atomic E-state index is 12.1. The Morgan fingerprint density at radius 3 is 3.09 bits per heavy atom. The number of hydrogen-bond donors (Lipinski definition) is 2. The Morgan fingerprint density at radius 1 is 1.45 bits per heavy atom. The molecule has 1 amide bonds. The van der Waals surface area contributed by atoms with Gasteiger partial charge in [0.05, 0.1) is 12.0 Å². The molecule has 5 nitrogen and oxygen atoms in total. The molecule has 1 aliphatic rings. The van der Waals surface area contributed by atoms with E-state index in [-0.39, 0.29) is 11.3 Å². The van der Waals surface area contributed by atoms with Crippen molar-refractivity contribution in [3.8, 4) is 0 Å². The van der Waals surface area contributed by atoms with E-state index in [9.17, 15) is 4.79 Å². The summed E-state index contributed by atoms with van der Waals surface area (Å²) in [7, 11) is 0. The van der Waals surface area contributed by atoms with Gasteiger partial charge in [0.2, 0.25) is 0 Å². The third-order valence-electron chi connectivity index (χ3n) is 3.73. The Hall–Kier alpha value is -1.69. The fraction of sp³-hybridized carbons (Fsp3) is 0.500. The van der Waals surface area contributed by atoms with Crippen molar-refractivity contribution in [2.75, 3.05) is 12.3 Å². The Labute approximate surface area is 134 Å². The summed E-state index contributed by atoms with van der Waals surface area (Å²) in [6, 6.07) is 3.88. The molecule has 0 saturated heterocycles. The number of rotatable bonds is 5. The molecular weight excluding hydrogens is 298 g/mol. The molecule has 2 aromatic rings. The number of carbonyl (C=O) groups is 1. The fourth-order valence-corrected chi connectivity index (χ4v) is 3.43. The van der Waals surface area contributed by atoms with Crippen LogP contribution in [0.1, 0.15) is 41.6 Å². The Kier molecular flexibility index (Phi) is 4.29. The third kappa shape index (κ3) is 3.55. The number of amides is 1. The lowest BCUT2D eigenvalue weighted by Crippen LogP contribution is -2.32. The quantitative estimate of drug-likeness (QED) is 0.831. The summed E-state index contributed by atoms with van der Waals surface area (Å²) in [6.45, 7) is 4.99. The number of nitrogens with one attached hydrogen (secondary N) is 2. The molecule has 0 bridgehead atoms. The van der Waals surface area contributed by atoms with Gasteiger partial charge in [0, 0.05) is 24.4 Å². The van der Waals surface area contributed by atoms with Crippen molar-refractivity contribution < 1.29 is 9.21 Å². The average molecular weight is 319 g/mol. The third-order valence-corrected chi connectivity index (χ3v) is 4.71. The van der Waals surface area contributed by atoms with Gasteiger partial charge in [-0.25, -0.2) is 4.98 Å². The first-order valence-electron chi connectivity index (χ1n) is 7.50. The zero-order chi connectivity index (χ0) is 15.6. The fourth-order valence-electron chi connectivity index (χ4n) is 2.58. The van der Waals surface area contributed by atoms with Gasteiger partial charge in [-0.1, -0.05) is 13.8 Å². The predicted molar refractivity (Wildman–Crippen MR) is 87.0 cm³/mol. The van der Waals surface area contributed by atoms with Crippen LogP contribution in [-0.4, -0.2) is 28.2 Å². The van der Waals surface area contributed by atoms with Crippen LogP contribution in [-0.2, 0) is 18.6 Å². The van der Waals surface area contributed by atoms with E-state index in [0.717, 1.165) is 41.6 Å². The van der Waals surface area contributed by atoms with Crippen molar-refractivity contribution in [1.82, 2.24) is 15.3 Å². The van der Waals surface area contributed by atoms with Gasteiger partial charge >= 0.3 is 0 Å². The molecule has 3 heterocycles. The van der Waals surface area contributed by atoms with Crippen molar-refractivity contribution in [1.29, 1.82) is 0 Å². The van der Waals surface area contributed by atoms with E-state index in [0.29, 0.717) is 12.2 Å². The van der Waals surface area contributed by atoms with Crippen LogP contribution < -0.4 is 5.32 Å². The van der Waals surface area contributed by atoms with Crippen LogP contribution in [0.4, 0.5) is 0 Å². The van der Waals surface area contributed by atoms with Gasteiger partial charge in [-0.15, -0.1) is 0 Å². The molecule has 0 fully saturated rings. The number of furan rings is 1. The molecule has 0 radical (unpaired) electrons. The first-order valence-corrected chi connectivity index (χ1v) is 8.65. The van der Waals surface area contributed by atoms with Gasteiger partial charge in [-0.05, 0) is 24.0 Å². The van der Waals surface area contributed by atoms with Gasteiger partial charge < -0.3 is 14.7 Å². The summed E-state index contributed by atoms with van der Waals surface area (Å²) in [5.41, 5.74) is 1.58. The number of nitrogens with zero attached hydrogens (tertiary/aromatic N) is 1. The number of carbonyl (C=O) groups excluding carboxylic acids is 1. The number of H-pyrrole nitrogens is 1. The number of aromatic amines is 1. The topological polar surface area (TPSA) is 70.9 Å². The Balaban J connectivity index is 1.59. The highest BCUT2D eigenvalue weighted by Crippen LogP contribution is 2.25. The molecule has 6 heteroatoms. The van der Waals surface area contributed by atoms with Gasteiger partial charge in [-0.2, -0.15) is 11.8 Å². The molecule has 118 valence electrons. The molecule has 22 heavy (non-hydrogen) atoms. The highest BCUT2D eigenvalue weighted by molar-refractivity contribution is 7.98. The minimum atomic E-state index is -0.0636. The maximum absolute atomic E-state index is 12.1. The standard InChI is InChI=1S/C16H21N3O2S/c1-16(2)8-12-14(15(20)17-10-16)19-13(18-12)5-7-22-9-11-4-3-6-21-11/h3-4,6H,5,7-10H2,1-2H3,(H,17,20)(H,18,19). The molecule has 2 aromatic heterocycles. The summed E-state index contributed by atoms with van der Waals surface area (Å²) in [6.07, 6.45) is 3.36. The summed E-state index contributed by atoms with van der Waals surface area (Å²) >= 11 is 1.80. The highest BCUT2D eigenvalue weighted by atomic mass is 32.2. The molecule has 0 atom stereocenters. The molecule has 1 aliphatic heterocycles. The predicted octanol–water partition coefficient (Wildman–Crippen LogP) is 2.79. The van der Waals surface area contributed by atoms with Gasteiger partial charge in [0.1, 0.15) is 17.3 Å². The summed E-state index contributed by atoms with van der Waals surface area (Å²) in [4.78, 5) is 19.9. The first kappa shape index (κ1) is 15.2. The second-order valence-corrected chi connectivity index (χ2v) is 7.52. The Morgan fingerprint density at radius 2 is 2.32 bits per heavy atom. The summed E-state index contributed by atoms with van der Waals surface area (Å²) < 4.78 is 5.31. The normalized spacial score (nSPS) is 16.9. The van der Waals surface area contributed by atoms with Crippen LogP contribution in [0.3, 0.4) is 0 Å². The van der Waals surface area contributed by atoms with Crippen LogP contribution in [0.15, 0.2) is 22.8 Å². The number of aromatic nitrogens is 2. The van der Waals surface area contributed by atoms with Crippen LogP contribution in [0.5, 0.6) is 0 Å². The van der Waals surface area contributed by atoms with Crippen molar-refractivity contribution in [2.45, 2.75) is 32.4 Å². The van der Waals surface area contributed by atoms with Crippen LogP contribution in [0, 0.1) is 5.41 Å². The van der Waals surface area contributed by atoms with Crippen molar-refractivity contribution in [2.24, 2.45) is 5.41 Å². The molecule has 0 unspecified atom stereocenters. The van der Waals surface area contributed by atoms with Crippen LogP contribution in [0.25, 0.3) is 0 Å². The highest BCUT2D eigenvalue weighted by Gasteiger charge is 2.29. The molecule has 3 rings (SSSR count).